The van der Waals surface area contributed by atoms with Crippen LogP contribution < -0.4 is 5.32 Å². The Balaban J connectivity index is 1.82. The van der Waals surface area contributed by atoms with Gasteiger partial charge in [-0.25, -0.2) is 4.98 Å². The number of aliphatic hydroxyl groups is 1. The molecule has 4 heteroatoms. The molecule has 0 aliphatic heterocycles. The van der Waals surface area contributed by atoms with Crippen molar-refractivity contribution in [3.63, 3.8) is 0 Å². The quantitative estimate of drug-likeness (QED) is 0.785. The molecule has 2 rings (SSSR count). The van der Waals surface area contributed by atoms with Crippen LogP contribution in [-0.2, 0) is 0 Å². The standard InChI is InChI=1S/C10H16N2OS/c1-8-6-14-9(12-8)11-7-10(2-3-10)4-5-13/h6,13H,2-5,7H2,1H3,(H,11,12). The van der Waals surface area contributed by atoms with Crippen molar-refractivity contribution in [2.24, 2.45) is 5.41 Å². The largest absolute Gasteiger partial charge is 0.396 e. The highest BCUT2D eigenvalue weighted by atomic mass is 32.1. The Hall–Kier alpha value is -0.610. The molecule has 1 aliphatic rings. The van der Waals surface area contributed by atoms with Crippen molar-refractivity contribution in [1.29, 1.82) is 0 Å². The smallest absolute Gasteiger partial charge is 0.182 e. The molecule has 1 aromatic rings. The molecule has 0 spiro atoms. The van der Waals surface area contributed by atoms with Crippen LogP contribution in [0.15, 0.2) is 5.38 Å². The predicted octanol–water partition coefficient (Wildman–Crippen LogP) is 2.03. The van der Waals surface area contributed by atoms with Crippen LogP contribution in [0.2, 0.25) is 0 Å². The van der Waals surface area contributed by atoms with Crippen molar-refractivity contribution < 1.29 is 5.11 Å². The molecule has 14 heavy (non-hydrogen) atoms. The van der Waals surface area contributed by atoms with E-state index in [2.05, 4.69) is 10.3 Å². The van der Waals surface area contributed by atoms with Gasteiger partial charge in [0.25, 0.3) is 0 Å². The second-order valence-corrected chi connectivity index (χ2v) is 4.98. The molecule has 0 atom stereocenters. The zero-order valence-electron chi connectivity index (χ0n) is 8.42. The van der Waals surface area contributed by atoms with E-state index in [-0.39, 0.29) is 0 Å². The molecule has 0 unspecified atom stereocenters. The van der Waals surface area contributed by atoms with E-state index in [9.17, 15) is 0 Å². The lowest BCUT2D eigenvalue weighted by Crippen LogP contribution is -2.16. The maximum absolute atomic E-state index is 8.90. The highest BCUT2D eigenvalue weighted by Crippen LogP contribution is 2.48. The summed E-state index contributed by atoms with van der Waals surface area (Å²) in [5.74, 6) is 0. The van der Waals surface area contributed by atoms with Crippen LogP contribution >= 0.6 is 11.3 Å². The zero-order chi connectivity index (χ0) is 10.0. The molecule has 1 fully saturated rings. The second-order valence-electron chi connectivity index (χ2n) is 4.12. The first-order chi connectivity index (χ1) is 6.74. The average Bonchev–Trinajstić information content (AvgIpc) is 2.80. The molecule has 0 saturated heterocycles. The molecular weight excluding hydrogens is 196 g/mol. The van der Waals surface area contributed by atoms with Crippen molar-refractivity contribution in [2.75, 3.05) is 18.5 Å². The Bertz CT molecular complexity index is 307. The number of hydrogen-bond acceptors (Lipinski definition) is 4. The van der Waals surface area contributed by atoms with Crippen LogP contribution in [0, 0.1) is 12.3 Å². The lowest BCUT2D eigenvalue weighted by Gasteiger charge is -2.13. The number of nitrogens with zero attached hydrogens (tertiary/aromatic N) is 1. The Kier molecular flexibility index (Phi) is 2.74. The number of aliphatic hydroxyl groups excluding tert-OH is 1. The fraction of sp³-hybridized carbons (Fsp3) is 0.700. The van der Waals surface area contributed by atoms with E-state index in [1.165, 1.54) is 12.8 Å². The highest BCUT2D eigenvalue weighted by Gasteiger charge is 2.41. The van der Waals surface area contributed by atoms with E-state index in [4.69, 9.17) is 5.11 Å². The molecule has 0 radical (unpaired) electrons. The lowest BCUT2D eigenvalue weighted by molar-refractivity contribution is 0.253. The lowest BCUT2D eigenvalue weighted by atomic mass is 10.0. The zero-order valence-corrected chi connectivity index (χ0v) is 9.23. The van der Waals surface area contributed by atoms with Crippen molar-refractivity contribution in [1.82, 2.24) is 4.98 Å². The third-order valence-electron chi connectivity index (χ3n) is 2.83. The molecule has 1 saturated carbocycles. The van der Waals surface area contributed by atoms with E-state index in [1.54, 1.807) is 11.3 Å². The van der Waals surface area contributed by atoms with Gasteiger partial charge in [-0.3, -0.25) is 0 Å². The number of nitrogens with one attached hydrogen (secondary N) is 1. The van der Waals surface area contributed by atoms with Crippen LogP contribution in [0.4, 0.5) is 5.13 Å². The van der Waals surface area contributed by atoms with Crippen molar-refractivity contribution in [2.45, 2.75) is 26.2 Å². The van der Waals surface area contributed by atoms with Gasteiger partial charge in [0.1, 0.15) is 0 Å². The molecular formula is C10H16N2OS. The summed E-state index contributed by atoms with van der Waals surface area (Å²) < 4.78 is 0. The maximum atomic E-state index is 8.90. The van der Waals surface area contributed by atoms with Gasteiger partial charge in [-0.1, -0.05) is 0 Å². The minimum absolute atomic E-state index is 0.304. The SMILES string of the molecule is Cc1csc(NCC2(CCO)CC2)n1. The molecule has 0 amide bonds. The average molecular weight is 212 g/mol. The van der Waals surface area contributed by atoms with Gasteiger partial charge in [0.05, 0.1) is 5.69 Å². The monoisotopic (exact) mass is 212 g/mol. The van der Waals surface area contributed by atoms with Crippen LogP contribution in [0.3, 0.4) is 0 Å². The fourth-order valence-electron chi connectivity index (χ4n) is 1.63. The number of aryl methyl sites for hydroxylation is 1. The van der Waals surface area contributed by atoms with Crippen LogP contribution in [0.1, 0.15) is 25.0 Å². The van der Waals surface area contributed by atoms with Crippen molar-refractivity contribution >= 4 is 16.5 Å². The first kappa shape index (κ1) is 9.93. The van der Waals surface area contributed by atoms with E-state index >= 15 is 0 Å². The number of hydrogen-bond donors (Lipinski definition) is 2. The summed E-state index contributed by atoms with van der Waals surface area (Å²) in [5, 5.41) is 15.3. The minimum atomic E-state index is 0.304. The van der Waals surface area contributed by atoms with Gasteiger partial charge in [-0.2, -0.15) is 0 Å². The summed E-state index contributed by atoms with van der Waals surface area (Å²) in [5.41, 5.74) is 1.44. The topological polar surface area (TPSA) is 45.1 Å². The van der Waals surface area contributed by atoms with Crippen LogP contribution in [0.25, 0.3) is 0 Å². The fourth-order valence-corrected chi connectivity index (χ4v) is 2.31. The van der Waals surface area contributed by atoms with Gasteiger partial charge in [0, 0.05) is 18.5 Å². The highest BCUT2D eigenvalue weighted by molar-refractivity contribution is 7.13. The molecule has 1 heterocycles. The van der Waals surface area contributed by atoms with E-state index in [1.807, 2.05) is 12.3 Å². The van der Waals surface area contributed by atoms with Crippen molar-refractivity contribution in [3.8, 4) is 0 Å². The predicted molar refractivity (Wildman–Crippen MR) is 58.7 cm³/mol. The summed E-state index contributed by atoms with van der Waals surface area (Å²) in [6.07, 6.45) is 3.40. The first-order valence-electron chi connectivity index (χ1n) is 5.01. The molecule has 1 aromatic heterocycles. The third kappa shape index (κ3) is 2.25. The third-order valence-corrected chi connectivity index (χ3v) is 3.75. The first-order valence-corrected chi connectivity index (χ1v) is 5.89. The van der Waals surface area contributed by atoms with Crippen LogP contribution in [0.5, 0.6) is 0 Å². The Morgan fingerprint density at radius 2 is 2.43 bits per heavy atom. The molecule has 78 valence electrons. The maximum Gasteiger partial charge on any atom is 0.182 e. The molecule has 3 nitrogen and oxygen atoms in total. The summed E-state index contributed by atoms with van der Waals surface area (Å²) in [4.78, 5) is 4.35. The molecule has 1 aliphatic carbocycles. The van der Waals surface area contributed by atoms with E-state index in [0.717, 1.165) is 23.8 Å². The number of rotatable bonds is 5. The van der Waals surface area contributed by atoms with Crippen LogP contribution in [-0.4, -0.2) is 23.2 Å². The second kappa shape index (κ2) is 3.87. The Morgan fingerprint density at radius 1 is 1.64 bits per heavy atom. The summed E-state index contributed by atoms with van der Waals surface area (Å²) in [7, 11) is 0. The van der Waals surface area contributed by atoms with Crippen molar-refractivity contribution in [3.05, 3.63) is 11.1 Å². The van der Waals surface area contributed by atoms with Gasteiger partial charge in [-0.05, 0) is 31.6 Å². The van der Waals surface area contributed by atoms with Gasteiger partial charge >= 0.3 is 0 Å². The molecule has 0 aromatic carbocycles. The number of anilines is 1. The minimum Gasteiger partial charge on any atom is -0.396 e. The van der Waals surface area contributed by atoms with Gasteiger partial charge in [0.15, 0.2) is 5.13 Å². The normalized spacial score (nSPS) is 18.1. The molecule has 0 bridgehead atoms. The number of thiazole rings is 1. The molecule has 2 N–H and O–H groups in total. The van der Waals surface area contributed by atoms with Gasteiger partial charge in [-0.15, -0.1) is 11.3 Å². The summed E-state index contributed by atoms with van der Waals surface area (Å²) >= 11 is 1.65. The van der Waals surface area contributed by atoms with Gasteiger partial charge in [0.2, 0.25) is 0 Å². The van der Waals surface area contributed by atoms with E-state index < -0.39 is 0 Å². The van der Waals surface area contributed by atoms with E-state index in [0.29, 0.717) is 12.0 Å². The summed E-state index contributed by atoms with van der Waals surface area (Å²) in [6.45, 7) is 3.27. The Morgan fingerprint density at radius 3 is 2.93 bits per heavy atom. The number of aromatic nitrogens is 1. The Labute approximate surface area is 88.2 Å². The summed E-state index contributed by atoms with van der Waals surface area (Å²) in [6, 6.07) is 0. The van der Waals surface area contributed by atoms with Gasteiger partial charge < -0.3 is 10.4 Å².